The highest BCUT2D eigenvalue weighted by molar-refractivity contribution is 9.10. The van der Waals surface area contributed by atoms with E-state index >= 15 is 0 Å². The van der Waals surface area contributed by atoms with E-state index in [1.807, 2.05) is 11.9 Å². The van der Waals surface area contributed by atoms with Crippen molar-refractivity contribution in [3.05, 3.63) is 26.3 Å². The van der Waals surface area contributed by atoms with Crippen LogP contribution < -0.4 is 4.90 Å². The second-order valence-corrected chi connectivity index (χ2v) is 5.31. The Labute approximate surface area is 114 Å². The Bertz CT molecular complexity index is 472. The Morgan fingerprint density at radius 2 is 2.00 bits per heavy atom. The van der Waals surface area contributed by atoms with Crippen molar-refractivity contribution >= 4 is 27.4 Å². The predicted molar refractivity (Wildman–Crippen MR) is 73.0 cm³/mol. The van der Waals surface area contributed by atoms with Gasteiger partial charge in [-0.3, -0.25) is 10.1 Å². The van der Waals surface area contributed by atoms with Gasteiger partial charge in [-0.15, -0.1) is 0 Å². The Balaban J connectivity index is 2.38. The van der Waals surface area contributed by atoms with Crippen LogP contribution in [0.4, 0.5) is 11.5 Å². The molecular formula is C11H15BrN4O2. The zero-order valence-electron chi connectivity index (χ0n) is 10.4. The van der Waals surface area contributed by atoms with Gasteiger partial charge in [0.25, 0.3) is 0 Å². The lowest BCUT2D eigenvalue weighted by Crippen LogP contribution is -2.45. The molecule has 2 rings (SSSR count). The quantitative estimate of drug-likeness (QED) is 0.615. The molecule has 0 unspecified atom stereocenters. The minimum absolute atomic E-state index is 0.105. The Morgan fingerprint density at radius 3 is 2.56 bits per heavy atom. The van der Waals surface area contributed by atoms with Crippen molar-refractivity contribution in [2.75, 3.05) is 38.1 Å². The van der Waals surface area contributed by atoms with Crippen molar-refractivity contribution in [1.29, 1.82) is 0 Å². The van der Waals surface area contributed by atoms with Gasteiger partial charge in [-0.1, -0.05) is 0 Å². The number of nitrogens with zero attached hydrogens (tertiary/aromatic N) is 4. The summed E-state index contributed by atoms with van der Waals surface area (Å²) in [6.07, 6.45) is 1.63. The molecule has 0 N–H and O–H groups in total. The summed E-state index contributed by atoms with van der Waals surface area (Å²) in [5.74, 6) is 0.480. The molecule has 1 saturated heterocycles. The third kappa shape index (κ3) is 2.46. The van der Waals surface area contributed by atoms with E-state index in [2.05, 4.69) is 25.8 Å². The van der Waals surface area contributed by atoms with Gasteiger partial charge in [0.1, 0.15) is 0 Å². The number of hydrogen-bond donors (Lipinski definition) is 0. The number of pyridine rings is 1. The van der Waals surface area contributed by atoms with E-state index in [9.17, 15) is 10.1 Å². The molecule has 0 saturated carbocycles. The highest BCUT2D eigenvalue weighted by atomic mass is 79.9. The van der Waals surface area contributed by atoms with Crippen LogP contribution in [-0.4, -0.2) is 48.0 Å². The molecule has 0 aromatic carbocycles. The van der Waals surface area contributed by atoms with Crippen LogP contribution >= 0.6 is 15.9 Å². The first kappa shape index (κ1) is 13.2. The summed E-state index contributed by atoms with van der Waals surface area (Å²) in [4.78, 5) is 19.3. The third-order valence-corrected chi connectivity index (χ3v) is 4.01. The molecule has 0 aliphatic carbocycles. The average Bonchev–Trinajstić information content (AvgIpc) is 2.33. The van der Waals surface area contributed by atoms with Gasteiger partial charge in [0.2, 0.25) is 5.82 Å². The van der Waals surface area contributed by atoms with Gasteiger partial charge in [0, 0.05) is 42.4 Å². The Hall–Kier alpha value is -1.21. The smallest absolute Gasteiger partial charge is 0.315 e. The van der Waals surface area contributed by atoms with Crippen molar-refractivity contribution < 1.29 is 4.92 Å². The van der Waals surface area contributed by atoms with Crippen LogP contribution in [0.15, 0.2) is 10.7 Å². The summed E-state index contributed by atoms with van der Waals surface area (Å²) in [6, 6.07) is 0. The molecule has 0 amide bonds. The molecule has 1 fully saturated rings. The zero-order chi connectivity index (χ0) is 13.3. The molecule has 18 heavy (non-hydrogen) atoms. The average molecular weight is 315 g/mol. The molecule has 98 valence electrons. The zero-order valence-corrected chi connectivity index (χ0v) is 12.0. The summed E-state index contributed by atoms with van der Waals surface area (Å²) in [7, 11) is 2.05. The number of anilines is 1. The maximum Gasteiger partial charge on any atom is 0.315 e. The maximum atomic E-state index is 11.2. The van der Waals surface area contributed by atoms with Crippen molar-refractivity contribution in [3.8, 4) is 0 Å². The van der Waals surface area contributed by atoms with Gasteiger partial charge in [0.05, 0.1) is 4.92 Å². The van der Waals surface area contributed by atoms with Gasteiger partial charge in [-0.05, 0) is 29.9 Å². The molecule has 0 radical (unpaired) electrons. The summed E-state index contributed by atoms with van der Waals surface area (Å²) >= 11 is 3.29. The lowest BCUT2D eigenvalue weighted by atomic mass is 10.2. The largest absolute Gasteiger partial charge is 0.348 e. The van der Waals surface area contributed by atoms with Crippen LogP contribution in [-0.2, 0) is 0 Å². The lowest BCUT2D eigenvalue weighted by Gasteiger charge is -2.33. The fourth-order valence-electron chi connectivity index (χ4n) is 2.02. The van der Waals surface area contributed by atoms with Gasteiger partial charge in [-0.25, -0.2) is 4.98 Å². The molecule has 2 heterocycles. The molecule has 0 spiro atoms. The molecular weight excluding hydrogens is 300 g/mol. The van der Waals surface area contributed by atoms with Gasteiger partial charge < -0.3 is 9.80 Å². The van der Waals surface area contributed by atoms with Crippen molar-refractivity contribution in [3.63, 3.8) is 0 Å². The second-order valence-electron chi connectivity index (χ2n) is 4.45. The van der Waals surface area contributed by atoms with Gasteiger partial charge in [0.15, 0.2) is 0 Å². The molecule has 0 atom stereocenters. The Kier molecular flexibility index (Phi) is 3.82. The first-order valence-electron chi connectivity index (χ1n) is 5.73. The van der Waals surface area contributed by atoms with E-state index in [4.69, 9.17) is 0 Å². The number of hydrogen-bond acceptors (Lipinski definition) is 5. The van der Waals surface area contributed by atoms with Crippen LogP contribution in [0, 0.1) is 17.0 Å². The van der Waals surface area contributed by atoms with Crippen LogP contribution in [0.25, 0.3) is 0 Å². The molecule has 6 nitrogen and oxygen atoms in total. The number of piperazine rings is 1. The number of aromatic nitrogens is 1. The first-order chi connectivity index (χ1) is 8.50. The summed E-state index contributed by atoms with van der Waals surface area (Å²) < 4.78 is 0.673. The van der Waals surface area contributed by atoms with Crippen LogP contribution in [0.2, 0.25) is 0 Å². The lowest BCUT2D eigenvalue weighted by molar-refractivity contribution is -0.385. The highest BCUT2D eigenvalue weighted by Gasteiger charge is 2.27. The van der Waals surface area contributed by atoms with Crippen molar-refractivity contribution in [2.45, 2.75) is 6.92 Å². The summed E-state index contributed by atoms with van der Waals surface area (Å²) in [5, 5.41) is 11.2. The Morgan fingerprint density at radius 1 is 1.39 bits per heavy atom. The minimum Gasteiger partial charge on any atom is -0.348 e. The topological polar surface area (TPSA) is 62.5 Å². The molecule has 1 aromatic heterocycles. The van der Waals surface area contributed by atoms with E-state index in [1.54, 1.807) is 13.1 Å². The minimum atomic E-state index is -0.346. The number of likely N-dealkylation sites (N-methyl/N-ethyl adjacent to an activating group) is 1. The fourth-order valence-corrected chi connectivity index (χ4v) is 2.32. The molecule has 1 aliphatic heterocycles. The van der Waals surface area contributed by atoms with Crippen LogP contribution in [0.1, 0.15) is 5.56 Å². The normalized spacial score (nSPS) is 16.9. The molecule has 1 aliphatic rings. The van der Waals surface area contributed by atoms with Gasteiger partial charge in [-0.2, -0.15) is 0 Å². The van der Waals surface area contributed by atoms with Crippen molar-refractivity contribution in [1.82, 2.24) is 9.88 Å². The molecule has 1 aromatic rings. The number of halogens is 1. The van der Waals surface area contributed by atoms with E-state index in [1.165, 1.54) is 0 Å². The fraction of sp³-hybridized carbons (Fsp3) is 0.545. The third-order valence-electron chi connectivity index (χ3n) is 3.21. The molecule has 7 heteroatoms. The molecule has 0 bridgehead atoms. The van der Waals surface area contributed by atoms with E-state index in [-0.39, 0.29) is 10.6 Å². The van der Waals surface area contributed by atoms with Crippen LogP contribution in [0.5, 0.6) is 0 Å². The predicted octanol–water partition coefficient (Wildman–Crippen LogP) is 1.81. The van der Waals surface area contributed by atoms with E-state index < -0.39 is 0 Å². The van der Waals surface area contributed by atoms with E-state index in [0.717, 1.165) is 26.2 Å². The second kappa shape index (κ2) is 5.19. The monoisotopic (exact) mass is 314 g/mol. The standard InChI is InChI=1S/C11H15BrN4O2/c1-8-9(12)7-13-11(10(8)16(17)18)15-5-3-14(2)4-6-15/h7H,3-6H2,1-2H3. The highest BCUT2D eigenvalue weighted by Crippen LogP contribution is 2.33. The van der Waals surface area contributed by atoms with Gasteiger partial charge >= 0.3 is 5.69 Å². The number of rotatable bonds is 2. The number of nitro groups is 1. The SMILES string of the molecule is Cc1c(Br)cnc(N2CCN(C)CC2)c1[N+](=O)[O-]. The summed E-state index contributed by atoms with van der Waals surface area (Å²) in [5.41, 5.74) is 0.734. The maximum absolute atomic E-state index is 11.2. The van der Waals surface area contributed by atoms with Crippen molar-refractivity contribution in [2.24, 2.45) is 0 Å². The summed E-state index contributed by atoms with van der Waals surface area (Å²) in [6.45, 7) is 5.07. The first-order valence-corrected chi connectivity index (χ1v) is 6.53. The van der Waals surface area contributed by atoms with Crippen LogP contribution in [0.3, 0.4) is 0 Å². The van der Waals surface area contributed by atoms with E-state index in [0.29, 0.717) is 15.9 Å².